The lowest BCUT2D eigenvalue weighted by Gasteiger charge is -2.41. The van der Waals surface area contributed by atoms with E-state index in [-0.39, 0.29) is 12.0 Å². The average Bonchev–Trinajstić information content (AvgIpc) is 2.33. The van der Waals surface area contributed by atoms with Crippen LogP contribution < -0.4 is 10.9 Å². The lowest BCUT2D eigenvalue weighted by Crippen LogP contribution is -2.55. The van der Waals surface area contributed by atoms with Gasteiger partial charge in [0.1, 0.15) is 5.56 Å². The summed E-state index contributed by atoms with van der Waals surface area (Å²) in [4.78, 5) is 35.5. The minimum Gasteiger partial charge on any atom is -0.481 e. The Hall–Kier alpha value is -2.18. The summed E-state index contributed by atoms with van der Waals surface area (Å²) in [5.74, 6) is -1.47. The van der Waals surface area contributed by atoms with Crippen LogP contribution in [-0.4, -0.2) is 32.3 Å². The lowest BCUT2D eigenvalue weighted by atomic mass is 9.74. The fraction of sp³-hybridized carbons (Fsp3) is 0.571. The Kier molecular flexibility index (Phi) is 3.85. The zero-order chi connectivity index (χ0) is 15.8. The first kappa shape index (κ1) is 15.2. The van der Waals surface area contributed by atoms with Gasteiger partial charge in [-0.05, 0) is 38.7 Å². The highest BCUT2D eigenvalue weighted by atomic mass is 16.4. The van der Waals surface area contributed by atoms with Crippen LogP contribution in [-0.2, 0) is 11.8 Å². The third kappa shape index (κ3) is 2.81. The molecule has 0 radical (unpaired) electrons. The SMILES string of the molecule is Cc1nn(C)c(=O)c(C(=O)NC2(CC(=O)O)CCC2)c1C. The molecule has 7 heteroatoms. The minimum atomic E-state index is -0.953. The normalized spacial score (nSPS) is 16.1. The molecule has 1 aromatic rings. The molecule has 1 aliphatic rings. The van der Waals surface area contributed by atoms with Crippen LogP contribution in [0, 0.1) is 13.8 Å². The molecule has 0 unspecified atom stereocenters. The largest absolute Gasteiger partial charge is 0.481 e. The number of aryl methyl sites for hydroxylation is 2. The zero-order valence-corrected chi connectivity index (χ0v) is 12.4. The fourth-order valence-electron chi connectivity index (χ4n) is 2.66. The van der Waals surface area contributed by atoms with Crippen LogP contribution in [0.4, 0.5) is 0 Å². The van der Waals surface area contributed by atoms with Crippen molar-refractivity contribution in [2.45, 2.75) is 45.1 Å². The second kappa shape index (κ2) is 5.31. The van der Waals surface area contributed by atoms with Gasteiger partial charge in [0, 0.05) is 7.05 Å². The molecule has 21 heavy (non-hydrogen) atoms. The molecule has 1 fully saturated rings. The number of rotatable bonds is 4. The second-order valence-electron chi connectivity index (χ2n) is 5.67. The van der Waals surface area contributed by atoms with E-state index in [0.717, 1.165) is 11.1 Å². The standard InChI is InChI=1S/C14H19N3O4/c1-8-9(2)16-17(3)13(21)11(8)12(20)15-14(5-4-6-14)7-10(18)19/h4-7H2,1-3H3,(H,15,20)(H,18,19). The topological polar surface area (TPSA) is 101 Å². The van der Waals surface area contributed by atoms with Gasteiger partial charge in [0.05, 0.1) is 17.7 Å². The molecule has 0 aliphatic heterocycles. The fourth-order valence-corrected chi connectivity index (χ4v) is 2.66. The Morgan fingerprint density at radius 3 is 2.48 bits per heavy atom. The van der Waals surface area contributed by atoms with Crippen molar-refractivity contribution in [3.8, 4) is 0 Å². The summed E-state index contributed by atoms with van der Waals surface area (Å²) < 4.78 is 1.13. The van der Waals surface area contributed by atoms with Crippen LogP contribution in [0.5, 0.6) is 0 Å². The number of nitrogens with zero attached hydrogens (tertiary/aromatic N) is 2. The van der Waals surface area contributed by atoms with Gasteiger partial charge in [0.15, 0.2) is 0 Å². The van der Waals surface area contributed by atoms with Crippen molar-refractivity contribution in [2.75, 3.05) is 0 Å². The van der Waals surface area contributed by atoms with Gasteiger partial charge in [-0.2, -0.15) is 5.10 Å². The van der Waals surface area contributed by atoms with Crippen LogP contribution in [0.2, 0.25) is 0 Å². The molecule has 1 amide bonds. The van der Waals surface area contributed by atoms with E-state index in [1.54, 1.807) is 13.8 Å². The molecule has 2 rings (SSSR count). The summed E-state index contributed by atoms with van der Waals surface area (Å²) in [6.07, 6.45) is 1.99. The molecule has 1 heterocycles. The molecule has 0 atom stereocenters. The van der Waals surface area contributed by atoms with Crippen molar-refractivity contribution in [1.82, 2.24) is 15.1 Å². The van der Waals surface area contributed by atoms with Gasteiger partial charge in [-0.1, -0.05) is 0 Å². The Bertz CT molecular complexity index is 659. The van der Waals surface area contributed by atoms with Crippen molar-refractivity contribution >= 4 is 11.9 Å². The van der Waals surface area contributed by atoms with Crippen LogP contribution in [0.15, 0.2) is 4.79 Å². The molecule has 2 N–H and O–H groups in total. The van der Waals surface area contributed by atoms with Gasteiger partial charge in [-0.25, -0.2) is 4.68 Å². The maximum absolute atomic E-state index is 12.4. The van der Waals surface area contributed by atoms with E-state index in [4.69, 9.17) is 5.11 Å². The molecule has 0 bridgehead atoms. The second-order valence-corrected chi connectivity index (χ2v) is 5.67. The predicted octanol–water partition coefficient (Wildman–Crippen LogP) is 0.524. The number of carbonyl (C=O) groups is 2. The van der Waals surface area contributed by atoms with Crippen molar-refractivity contribution in [1.29, 1.82) is 0 Å². The molecule has 0 saturated heterocycles. The smallest absolute Gasteiger partial charge is 0.305 e. The number of carboxylic acid groups (broad SMARTS) is 1. The zero-order valence-electron chi connectivity index (χ0n) is 12.4. The molecular weight excluding hydrogens is 274 g/mol. The Labute approximate surface area is 122 Å². The van der Waals surface area contributed by atoms with Gasteiger partial charge in [-0.15, -0.1) is 0 Å². The Balaban J connectivity index is 2.33. The number of nitrogens with one attached hydrogen (secondary N) is 1. The highest BCUT2D eigenvalue weighted by Crippen LogP contribution is 2.35. The average molecular weight is 293 g/mol. The quantitative estimate of drug-likeness (QED) is 0.843. The first-order valence-corrected chi connectivity index (χ1v) is 6.84. The predicted molar refractivity (Wildman–Crippen MR) is 75.3 cm³/mol. The summed E-state index contributed by atoms with van der Waals surface area (Å²) in [5.41, 5.74) is -0.0250. The van der Waals surface area contributed by atoms with Crippen LogP contribution >= 0.6 is 0 Å². The van der Waals surface area contributed by atoms with Crippen LogP contribution in [0.1, 0.15) is 47.3 Å². The first-order valence-electron chi connectivity index (χ1n) is 6.84. The summed E-state index contributed by atoms with van der Waals surface area (Å²) >= 11 is 0. The number of carbonyl (C=O) groups excluding carboxylic acids is 1. The number of hydrogen-bond acceptors (Lipinski definition) is 4. The molecule has 7 nitrogen and oxygen atoms in total. The number of hydrogen-bond donors (Lipinski definition) is 2. The molecule has 0 spiro atoms. The molecular formula is C14H19N3O4. The number of carboxylic acids is 1. The summed E-state index contributed by atoms with van der Waals surface area (Å²) in [5, 5.41) is 15.7. The summed E-state index contributed by atoms with van der Waals surface area (Å²) in [6.45, 7) is 3.39. The first-order chi connectivity index (χ1) is 9.76. The molecule has 1 aromatic heterocycles. The maximum atomic E-state index is 12.4. The van der Waals surface area contributed by atoms with Gasteiger partial charge >= 0.3 is 5.97 Å². The van der Waals surface area contributed by atoms with Gasteiger partial charge < -0.3 is 10.4 Å². The third-order valence-electron chi connectivity index (χ3n) is 4.13. The van der Waals surface area contributed by atoms with Crippen LogP contribution in [0.25, 0.3) is 0 Å². The van der Waals surface area contributed by atoms with Gasteiger partial charge in [-0.3, -0.25) is 14.4 Å². The van der Waals surface area contributed by atoms with Crippen molar-refractivity contribution < 1.29 is 14.7 Å². The highest BCUT2D eigenvalue weighted by Gasteiger charge is 2.41. The van der Waals surface area contributed by atoms with E-state index in [9.17, 15) is 14.4 Å². The summed E-state index contributed by atoms with van der Waals surface area (Å²) in [7, 11) is 1.49. The number of aliphatic carboxylic acids is 1. The van der Waals surface area contributed by atoms with Crippen molar-refractivity contribution in [2.24, 2.45) is 7.05 Å². The Morgan fingerprint density at radius 2 is 2.00 bits per heavy atom. The van der Waals surface area contributed by atoms with E-state index in [1.165, 1.54) is 7.05 Å². The number of amides is 1. The van der Waals surface area contributed by atoms with E-state index >= 15 is 0 Å². The lowest BCUT2D eigenvalue weighted by molar-refractivity contribution is -0.139. The minimum absolute atomic E-state index is 0.0432. The molecule has 1 saturated carbocycles. The van der Waals surface area contributed by atoms with Crippen molar-refractivity contribution in [3.63, 3.8) is 0 Å². The summed E-state index contributed by atoms with van der Waals surface area (Å²) in [6, 6.07) is 0. The monoisotopic (exact) mass is 293 g/mol. The van der Waals surface area contributed by atoms with Crippen molar-refractivity contribution in [3.05, 3.63) is 27.2 Å². The van der Waals surface area contributed by atoms with Crippen LogP contribution in [0.3, 0.4) is 0 Å². The Morgan fingerprint density at radius 1 is 1.38 bits per heavy atom. The highest BCUT2D eigenvalue weighted by molar-refractivity contribution is 5.96. The van der Waals surface area contributed by atoms with E-state index in [1.807, 2.05) is 0 Å². The molecule has 114 valence electrons. The van der Waals surface area contributed by atoms with E-state index < -0.39 is 23.0 Å². The van der Waals surface area contributed by atoms with Gasteiger partial charge in [0.2, 0.25) is 0 Å². The van der Waals surface area contributed by atoms with E-state index in [0.29, 0.717) is 24.1 Å². The maximum Gasteiger partial charge on any atom is 0.305 e. The number of aromatic nitrogens is 2. The molecule has 1 aliphatic carbocycles. The van der Waals surface area contributed by atoms with Gasteiger partial charge in [0.25, 0.3) is 11.5 Å². The van der Waals surface area contributed by atoms with E-state index in [2.05, 4.69) is 10.4 Å². The molecule has 0 aromatic carbocycles. The third-order valence-corrected chi connectivity index (χ3v) is 4.13.